The Morgan fingerprint density at radius 2 is 1.78 bits per heavy atom. The highest BCUT2D eigenvalue weighted by molar-refractivity contribution is 5.81. The van der Waals surface area contributed by atoms with Gasteiger partial charge < -0.3 is 10.2 Å². The van der Waals surface area contributed by atoms with Crippen LogP contribution in [-0.2, 0) is 9.59 Å². The van der Waals surface area contributed by atoms with Gasteiger partial charge in [0.15, 0.2) is 0 Å². The first-order chi connectivity index (χ1) is 8.34. The molecule has 0 spiro atoms. The van der Waals surface area contributed by atoms with E-state index < -0.39 is 0 Å². The number of hydrogen-bond acceptors (Lipinski definition) is 2. The van der Waals surface area contributed by atoms with Crippen molar-refractivity contribution in [3.63, 3.8) is 0 Å². The number of piperidine rings is 1. The van der Waals surface area contributed by atoms with Gasteiger partial charge in [0.1, 0.15) is 0 Å². The van der Waals surface area contributed by atoms with Gasteiger partial charge in [0.25, 0.3) is 0 Å². The Morgan fingerprint density at radius 3 is 2.22 bits per heavy atom. The third kappa shape index (κ3) is 4.31. The Kier molecular flexibility index (Phi) is 5.17. The molecule has 4 nitrogen and oxygen atoms in total. The maximum absolute atomic E-state index is 11.9. The standard InChI is InChI=1S/C14H26N2O2/c1-5-6-12(17)16-9-7-11(8-10-16)15-13(18)14(2,3)4/h11H,5-10H2,1-4H3,(H,15,18). The summed E-state index contributed by atoms with van der Waals surface area (Å²) in [5.41, 5.74) is -0.338. The summed E-state index contributed by atoms with van der Waals surface area (Å²) in [4.78, 5) is 25.5. The molecule has 0 atom stereocenters. The van der Waals surface area contributed by atoms with Crippen molar-refractivity contribution in [1.82, 2.24) is 10.2 Å². The number of nitrogens with zero attached hydrogens (tertiary/aromatic N) is 1. The number of likely N-dealkylation sites (tertiary alicyclic amines) is 1. The van der Waals surface area contributed by atoms with Crippen LogP contribution in [0.25, 0.3) is 0 Å². The minimum atomic E-state index is -0.338. The third-order valence-corrected chi connectivity index (χ3v) is 3.33. The Bertz CT molecular complexity index is 299. The third-order valence-electron chi connectivity index (χ3n) is 3.33. The smallest absolute Gasteiger partial charge is 0.225 e. The molecule has 104 valence electrons. The largest absolute Gasteiger partial charge is 0.353 e. The first kappa shape index (κ1) is 15.0. The number of carbonyl (C=O) groups excluding carboxylic acids is 2. The highest BCUT2D eigenvalue weighted by Crippen LogP contribution is 2.16. The van der Waals surface area contributed by atoms with Crippen molar-refractivity contribution in [1.29, 1.82) is 0 Å². The van der Waals surface area contributed by atoms with Gasteiger partial charge in [-0.2, -0.15) is 0 Å². The van der Waals surface area contributed by atoms with Gasteiger partial charge in [-0.1, -0.05) is 27.7 Å². The summed E-state index contributed by atoms with van der Waals surface area (Å²) in [6.07, 6.45) is 3.28. The van der Waals surface area contributed by atoms with Crippen molar-refractivity contribution in [2.75, 3.05) is 13.1 Å². The molecule has 1 aliphatic rings. The van der Waals surface area contributed by atoms with Crippen LogP contribution in [0.2, 0.25) is 0 Å². The molecule has 0 unspecified atom stereocenters. The van der Waals surface area contributed by atoms with E-state index in [9.17, 15) is 9.59 Å². The van der Waals surface area contributed by atoms with Crippen molar-refractivity contribution in [3.8, 4) is 0 Å². The molecule has 1 heterocycles. The quantitative estimate of drug-likeness (QED) is 0.836. The molecule has 1 fully saturated rings. The van der Waals surface area contributed by atoms with Gasteiger partial charge in [-0.15, -0.1) is 0 Å². The van der Waals surface area contributed by atoms with E-state index in [1.54, 1.807) is 0 Å². The lowest BCUT2D eigenvalue weighted by Gasteiger charge is -2.33. The van der Waals surface area contributed by atoms with Crippen molar-refractivity contribution in [2.45, 2.75) is 59.4 Å². The predicted molar refractivity (Wildman–Crippen MR) is 72.1 cm³/mol. The Balaban J connectivity index is 2.36. The highest BCUT2D eigenvalue weighted by Gasteiger charge is 2.27. The van der Waals surface area contributed by atoms with E-state index in [1.165, 1.54) is 0 Å². The Labute approximate surface area is 110 Å². The average molecular weight is 254 g/mol. The van der Waals surface area contributed by atoms with Crippen LogP contribution in [0.3, 0.4) is 0 Å². The fourth-order valence-electron chi connectivity index (χ4n) is 2.05. The number of hydrogen-bond donors (Lipinski definition) is 1. The fourth-order valence-corrected chi connectivity index (χ4v) is 2.05. The molecule has 0 radical (unpaired) electrons. The van der Waals surface area contributed by atoms with Gasteiger partial charge in [-0.3, -0.25) is 9.59 Å². The van der Waals surface area contributed by atoms with Gasteiger partial charge in [-0.25, -0.2) is 0 Å². The van der Waals surface area contributed by atoms with E-state index in [0.717, 1.165) is 32.4 Å². The summed E-state index contributed by atoms with van der Waals surface area (Å²) in [5.74, 6) is 0.346. The number of amides is 2. The lowest BCUT2D eigenvalue weighted by Crippen LogP contribution is -2.48. The molecule has 18 heavy (non-hydrogen) atoms. The summed E-state index contributed by atoms with van der Waals surface area (Å²) < 4.78 is 0. The van der Waals surface area contributed by atoms with Crippen molar-refractivity contribution in [3.05, 3.63) is 0 Å². The van der Waals surface area contributed by atoms with Crippen LogP contribution in [-0.4, -0.2) is 35.8 Å². The second-order valence-electron chi connectivity index (χ2n) is 6.13. The van der Waals surface area contributed by atoms with E-state index in [4.69, 9.17) is 0 Å². The van der Waals surface area contributed by atoms with Gasteiger partial charge in [0, 0.05) is 31.0 Å². The van der Waals surface area contributed by atoms with Crippen LogP contribution in [0.4, 0.5) is 0 Å². The predicted octanol–water partition coefficient (Wildman–Crippen LogP) is 1.94. The van der Waals surface area contributed by atoms with Gasteiger partial charge in [0.05, 0.1) is 0 Å². The van der Waals surface area contributed by atoms with Crippen LogP contribution in [0.15, 0.2) is 0 Å². The Morgan fingerprint density at radius 1 is 1.22 bits per heavy atom. The molecular weight excluding hydrogens is 228 g/mol. The molecule has 0 aromatic heterocycles. The molecule has 4 heteroatoms. The molecule has 0 aromatic rings. The van der Waals surface area contributed by atoms with E-state index in [0.29, 0.717) is 6.42 Å². The van der Waals surface area contributed by atoms with Gasteiger partial charge in [0.2, 0.25) is 11.8 Å². The SMILES string of the molecule is CCCC(=O)N1CCC(NC(=O)C(C)(C)C)CC1. The normalized spacial score (nSPS) is 17.7. The molecule has 0 saturated carbocycles. The first-order valence-corrected chi connectivity index (χ1v) is 6.93. The minimum Gasteiger partial charge on any atom is -0.353 e. The molecule has 1 saturated heterocycles. The van der Waals surface area contributed by atoms with Crippen LogP contribution in [0.5, 0.6) is 0 Å². The maximum atomic E-state index is 11.9. The summed E-state index contributed by atoms with van der Waals surface area (Å²) in [6, 6.07) is 0.224. The summed E-state index contributed by atoms with van der Waals surface area (Å²) in [5, 5.41) is 3.07. The number of nitrogens with one attached hydrogen (secondary N) is 1. The maximum Gasteiger partial charge on any atom is 0.225 e. The fraction of sp³-hybridized carbons (Fsp3) is 0.857. The zero-order chi connectivity index (χ0) is 13.8. The van der Waals surface area contributed by atoms with Crippen LogP contribution >= 0.6 is 0 Å². The molecule has 0 aliphatic carbocycles. The first-order valence-electron chi connectivity index (χ1n) is 6.93. The minimum absolute atomic E-state index is 0.0980. The highest BCUT2D eigenvalue weighted by atomic mass is 16.2. The molecule has 0 bridgehead atoms. The molecule has 1 aliphatic heterocycles. The second kappa shape index (κ2) is 6.21. The number of carbonyl (C=O) groups is 2. The molecule has 1 N–H and O–H groups in total. The van der Waals surface area contributed by atoms with Crippen molar-refractivity contribution < 1.29 is 9.59 Å². The summed E-state index contributed by atoms with van der Waals surface area (Å²) >= 11 is 0. The van der Waals surface area contributed by atoms with E-state index in [-0.39, 0.29) is 23.3 Å². The number of rotatable bonds is 3. The van der Waals surface area contributed by atoms with E-state index in [2.05, 4.69) is 5.32 Å². The molecule has 2 amide bonds. The van der Waals surface area contributed by atoms with Crippen LogP contribution in [0.1, 0.15) is 53.4 Å². The van der Waals surface area contributed by atoms with Crippen LogP contribution in [0, 0.1) is 5.41 Å². The topological polar surface area (TPSA) is 49.4 Å². The molecule has 0 aromatic carbocycles. The summed E-state index contributed by atoms with van der Waals surface area (Å²) in [7, 11) is 0. The van der Waals surface area contributed by atoms with Gasteiger partial charge >= 0.3 is 0 Å². The average Bonchev–Trinajstić information content (AvgIpc) is 2.29. The van der Waals surface area contributed by atoms with Crippen molar-refractivity contribution >= 4 is 11.8 Å². The van der Waals surface area contributed by atoms with Gasteiger partial charge in [-0.05, 0) is 19.3 Å². The molecular formula is C14H26N2O2. The van der Waals surface area contributed by atoms with Crippen molar-refractivity contribution in [2.24, 2.45) is 5.41 Å². The molecule has 1 rings (SSSR count). The lowest BCUT2D eigenvalue weighted by atomic mass is 9.94. The van der Waals surface area contributed by atoms with E-state index >= 15 is 0 Å². The monoisotopic (exact) mass is 254 g/mol. The second-order valence-corrected chi connectivity index (χ2v) is 6.13. The van der Waals surface area contributed by atoms with Crippen LogP contribution < -0.4 is 5.32 Å². The zero-order valence-corrected chi connectivity index (χ0v) is 12.1. The lowest BCUT2D eigenvalue weighted by molar-refractivity contribution is -0.133. The summed E-state index contributed by atoms with van der Waals surface area (Å²) in [6.45, 7) is 9.32. The van der Waals surface area contributed by atoms with E-state index in [1.807, 2.05) is 32.6 Å². The zero-order valence-electron chi connectivity index (χ0n) is 12.1. The Hall–Kier alpha value is -1.06.